The number of morpholine rings is 1. The van der Waals surface area contributed by atoms with E-state index in [2.05, 4.69) is 65.2 Å². The van der Waals surface area contributed by atoms with Crippen LogP contribution < -0.4 is 5.32 Å². The summed E-state index contributed by atoms with van der Waals surface area (Å²) in [5, 5.41) is 3.65. The predicted octanol–water partition coefficient (Wildman–Crippen LogP) is 1.90. The van der Waals surface area contributed by atoms with Gasteiger partial charge in [0.2, 0.25) is 0 Å². The molecule has 1 N–H and O–H groups in total. The molecule has 2 heterocycles. The summed E-state index contributed by atoms with van der Waals surface area (Å²) in [7, 11) is 4.11. The van der Waals surface area contributed by atoms with Crippen molar-refractivity contribution >= 4 is 17.7 Å². The minimum atomic E-state index is 0.234. The first-order valence-electron chi connectivity index (χ1n) is 9.10. The summed E-state index contributed by atoms with van der Waals surface area (Å²) >= 11 is 2.07. The molecular formula is C19H30N4OS. The summed E-state index contributed by atoms with van der Waals surface area (Å²) < 4.78 is 5.55. The molecule has 1 unspecified atom stereocenters. The Morgan fingerprint density at radius 3 is 2.68 bits per heavy atom. The highest BCUT2D eigenvalue weighted by Crippen LogP contribution is 2.33. The molecule has 1 atom stereocenters. The van der Waals surface area contributed by atoms with E-state index >= 15 is 0 Å². The van der Waals surface area contributed by atoms with Gasteiger partial charge in [-0.25, -0.2) is 4.99 Å². The van der Waals surface area contributed by atoms with Gasteiger partial charge in [-0.15, -0.1) is 0 Å². The second-order valence-corrected chi connectivity index (χ2v) is 8.10. The van der Waals surface area contributed by atoms with Crippen LogP contribution in [0.15, 0.2) is 35.3 Å². The largest absolute Gasteiger partial charge is 0.379 e. The third-order valence-corrected chi connectivity index (χ3v) is 6.25. The van der Waals surface area contributed by atoms with Crippen molar-refractivity contribution < 1.29 is 4.74 Å². The second kappa shape index (κ2) is 8.92. The van der Waals surface area contributed by atoms with Gasteiger partial charge in [-0.05, 0) is 17.7 Å². The van der Waals surface area contributed by atoms with E-state index in [1.54, 1.807) is 0 Å². The van der Waals surface area contributed by atoms with E-state index in [1.165, 1.54) is 23.5 Å². The Kier molecular flexibility index (Phi) is 6.62. The third kappa shape index (κ3) is 4.90. The number of nitrogens with zero attached hydrogens (tertiary/aromatic N) is 3. The molecule has 1 aromatic rings. The highest BCUT2D eigenvalue weighted by Gasteiger charge is 2.40. The second-order valence-electron chi connectivity index (χ2n) is 7.00. The molecular weight excluding hydrogens is 332 g/mol. The Morgan fingerprint density at radius 1 is 1.28 bits per heavy atom. The monoisotopic (exact) mass is 362 g/mol. The van der Waals surface area contributed by atoms with Gasteiger partial charge in [0.15, 0.2) is 5.96 Å². The van der Waals surface area contributed by atoms with E-state index in [0.717, 1.165) is 38.8 Å². The normalized spacial score (nSPS) is 25.1. The maximum absolute atomic E-state index is 5.55. The lowest BCUT2D eigenvalue weighted by atomic mass is 9.95. The first-order chi connectivity index (χ1) is 12.2. The maximum Gasteiger partial charge on any atom is 0.193 e. The van der Waals surface area contributed by atoms with Crippen LogP contribution in [0.4, 0.5) is 0 Å². The van der Waals surface area contributed by atoms with E-state index in [0.29, 0.717) is 6.54 Å². The van der Waals surface area contributed by atoms with Crippen molar-refractivity contribution in [1.29, 1.82) is 0 Å². The summed E-state index contributed by atoms with van der Waals surface area (Å²) in [5.41, 5.74) is 1.47. The van der Waals surface area contributed by atoms with Gasteiger partial charge in [0, 0.05) is 45.0 Å². The van der Waals surface area contributed by atoms with Crippen LogP contribution in [0.3, 0.4) is 0 Å². The van der Waals surface area contributed by atoms with Gasteiger partial charge in [0.05, 0.1) is 19.8 Å². The molecule has 0 radical (unpaired) electrons. The molecule has 0 saturated carbocycles. The van der Waals surface area contributed by atoms with Crippen molar-refractivity contribution in [2.24, 2.45) is 4.99 Å². The predicted molar refractivity (Wildman–Crippen MR) is 106 cm³/mol. The fraction of sp³-hybridized carbons (Fsp3) is 0.632. The van der Waals surface area contributed by atoms with Gasteiger partial charge in [-0.2, -0.15) is 11.8 Å². The molecule has 5 nitrogen and oxygen atoms in total. The summed E-state index contributed by atoms with van der Waals surface area (Å²) in [6.07, 6.45) is 1.24. The van der Waals surface area contributed by atoms with E-state index in [-0.39, 0.29) is 5.54 Å². The van der Waals surface area contributed by atoms with Crippen LogP contribution in [0, 0.1) is 0 Å². The lowest BCUT2D eigenvalue weighted by Gasteiger charge is -2.43. The number of ether oxygens (including phenoxy) is 1. The number of hydrogen-bond acceptors (Lipinski definition) is 4. The Labute approximate surface area is 155 Å². The van der Waals surface area contributed by atoms with Crippen LogP contribution in [-0.4, -0.2) is 79.7 Å². The van der Waals surface area contributed by atoms with Gasteiger partial charge in [0.25, 0.3) is 0 Å². The van der Waals surface area contributed by atoms with Crippen LogP contribution in [0.2, 0.25) is 0 Å². The van der Waals surface area contributed by atoms with E-state index in [1.807, 2.05) is 6.07 Å². The highest BCUT2D eigenvalue weighted by molar-refractivity contribution is 7.99. The molecule has 0 bridgehead atoms. The molecule has 0 spiro atoms. The van der Waals surface area contributed by atoms with E-state index in [4.69, 9.17) is 9.73 Å². The minimum absolute atomic E-state index is 0.234. The first-order valence-corrected chi connectivity index (χ1v) is 10.3. The van der Waals surface area contributed by atoms with E-state index in [9.17, 15) is 0 Å². The molecule has 3 rings (SSSR count). The Hall–Kier alpha value is -1.24. The summed E-state index contributed by atoms with van der Waals surface area (Å²) in [6, 6.07) is 10.4. The Bertz CT molecular complexity index is 552. The quantitative estimate of drug-likeness (QED) is 0.640. The zero-order valence-electron chi connectivity index (χ0n) is 15.4. The molecule has 2 aliphatic heterocycles. The minimum Gasteiger partial charge on any atom is -0.379 e. The van der Waals surface area contributed by atoms with Crippen LogP contribution in [0.1, 0.15) is 12.0 Å². The zero-order valence-corrected chi connectivity index (χ0v) is 16.2. The van der Waals surface area contributed by atoms with Crippen molar-refractivity contribution in [3.63, 3.8) is 0 Å². The van der Waals surface area contributed by atoms with Crippen LogP contribution >= 0.6 is 11.8 Å². The van der Waals surface area contributed by atoms with Crippen molar-refractivity contribution in [3.8, 4) is 0 Å². The number of nitrogens with one attached hydrogen (secondary N) is 1. The standard InChI is InChI=1S/C19H30N4OS/c1-22(2)18(20-14-17-6-4-3-5-7-17)21-15-19(8-13-25-16-19)23-9-11-24-12-10-23/h3-7H,8-16H2,1-2H3,(H,20,21). The summed E-state index contributed by atoms with van der Waals surface area (Å²) in [5.74, 6) is 3.41. The summed E-state index contributed by atoms with van der Waals surface area (Å²) in [6.45, 7) is 5.46. The van der Waals surface area contributed by atoms with Crippen molar-refractivity contribution in [2.75, 3.05) is 58.4 Å². The fourth-order valence-corrected chi connectivity index (χ4v) is 4.96. The SMILES string of the molecule is CN(C)C(=NCc1ccccc1)NCC1(N2CCOCC2)CCSC1. The fourth-order valence-electron chi connectivity index (χ4n) is 3.48. The van der Waals surface area contributed by atoms with Gasteiger partial charge in [-0.3, -0.25) is 4.90 Å². The first kappa shape index (κ1) is 18.5. The smallest absolute Gasteiger partial charge is 0.193 e. The molecule has 1 aromatic carbocycles. The molecule has 25 heavy (non-hydrogen) atoms. The molecule has 0 amide bonds. The van der Waals surface area contributed by atoms with Gasteiger partial charge in [0.1, 0.15) is 0 Å². The van der Waals surface area contributed by atoms with Crippen LogP contribution in [-0.2, 0) is 11.3 Å². The summed E-state index contributed by atoms with van der Waals surface area (Å²) in [4.78, 5) is 9.53. The Morgan fingerprint density at radius 2 is 2.04 bits per heavy atom. The van der Waals surface area contributed by atoms with Crippen LogP contribution in [0.25, 0.3) is 0 Å². The third-order valence-electron chi connectivity index (χ3n) is 5.02. The average Bonchev–Trinajstić information content (AvgIpc) is 3.13. The number of benzene rings is 1. The molecule has 0 aromatic heterocycles. The molecule has 2 saturated heterocycles. The van der Waals surface area contributed by atoms with E-state index < -0.39 is 0 Å². The number of hydrogen-bond donors (Lipinski definition) is 1. The zero-order chi connectivity index (χ0) is 17.5. The molecule has 6 heteroatoms. The van der Waals surface area contributed by atoms with Crippen molar-refractivity contribution in [3.05, 3.63) is 35.9 Å². The highest BCUT2D eigenvalue weighted by atomic mass is 32.2. The lowest BCUT2D eigenvalue weighted by Crippen LogP contribution is -2.60. The van der Waals surface area contributed by atoms with Gasteiger partial charge < -0.3 is 15.0 Å². The van der Waals surface area contributed by atoms with Crippen LogP contribution in [0.5, 0.6) is 0 Å². The van der Waals surface area contributed by atoms with Gasteiger partial charge >= 0.3 is 0 Å². The average molecular weight is 363 g/mol. The molecule has 138 valence electrons. The molecule has 0 aliphatic carbocycles. The van der Waals surface area contributed by atoms with Crippen molar-refractivity contribution in [2.45, 2.75) is 18.5 Å². The number of aliphatic imine (C=N–C) groups is 1. The van der Waals surface area contributed by atoms with Crippen molar-refractivity contribution in [1.82, 2.24) is 15.1 Å². The lowest BCUT2D eigenvalue weighted by molar-refractivity contribution is -0.0121. The maximum atomic E-state index is 5.55. The number of guanidine groups is 1. The molecule has 2 aliphatic rings. The molecule has 2 fully saturated rings. The Balaban J connectivity index is 1.64. The topological polar surface area (TPSA) is 40.1 Å². The van der Waals surface area contributed by atoms with Gasteiger partial charge in [-0.1, -0.05) is 30.3 Å². The number of thioether (sulfide) groups is 1. The number of rotatable bonds is 5.